The summed E-state index contributed by atoms with van der Waals surface area (Å²) in [6.07, 6.45) is 0. The molecule has 0 aliphatic rings. The fraction of sp³-hybridized carbons (Fsp3) is 0.429. The van der Waals surface area contributed by atoms with E-state index in [0.717, 1.165) is 28.4 Å². The molecule has 1 heterocycles. The Morgan fingerprint density at radius 2 is 2.11 bits per heavy atom. The normalized spacial score (nSPS) is 12.7. The molecule has 0 saturated carbocycles. The van der Waals surface area contributed by atoms with Crippen molar-refractivity contribution in [1.82, 2.24) is 20.1 Å². The number of hydrogen-bond acceptors (Lipinski definition) is 3. The van der Waals surface area contributed by atoms with Gasteiger partial charge in [-0.1, -0.05) is 22.9 Å². The Morgan fingerprint density at radius 1 is 1.37 bits per heavy atom. The van der Waals surface area contributed by atoms with Crippen LogP contribution >= 0.6 is 15.9 Å². The predicted octanol–water partition coefficient (Wildman–Crippen LogP) is 3.32. The summed E-state index contributed by atoms with van der Waals surface area (Å²) in [6.45, 7) is 9.09. The van der Waals surface area contributed by atoms with Crippen LogP contribution in [-0.2, 0) is 0 Å². The monoisotopic (exact) mass is 322 g/mol. The van der Waals surface area contributed by atoms with Crippen molar-refractivity contribution in [3.05, 3.63) is 39.9 Å². The Balaban J connectivity index is 2.53. The first-order chi connectivity index (χ1) is 9.02. The summed E-state index contributed by atoms with van der Waals surface area (Å²) >= 11 is 3.54. The standard InChI is InChI=1S/C14H19BrN4/c1-5-16-9(2)13-8-12(15)6-7-14(13)19-11(4)17-10(3)18-19/h6-9,16H,5H2,1-4H3. The molecule has 1 N–H and O–H groups in total. The number of rotatable bonds is 4. The third kappa shape index (κ3) is 3.04. The zero-order valence-corrected chi connectivity index (χ0v) is 13.3. The van der Waals surface area contributed by atoms with Gasteiger partial charge in [0.25, 0.3) is 0 Å². The molecule has 0 aliphatic carbocycles. The van der Waals surface area contributed by atoms with Crippen LogP contribution in [0.2, 0.25) is 0 Å². The second-order valence-electron chi connectivity index (χ2n) is 4.60. The number of halogens is 1. The maximum Gasteiger partial charge on any atom is 0.148 e. The average molecular weight is 323 g/mol. The van der Waals surface area contributed by atoms with Gasteiger partial charge in [-0.3, -0.25) is 0 Å². The molecule has 5 heteroatoms. The van der Waals surface area contributed by atoms with Crippen molar-refractivity contribution in [2.45, 2.75) is 33.7 Å². The number of hydrogen-bond donors (Lipinski definition) is 1. The van der Waals surface area contributed by atoms with E-state index in [-0.39, 0.29) is 6.04 Å². The summed E-state index contributed by atoms with van der Waals surface area (Å²) in [4.78, 5) is 4.38. The topological polar surface area (TPSA) is 42.7 Å². The Hall–Kier alpha value is -1.20. The van der Waals surface area contributed by atoms with Crippen molar-refractivity contribution >= 4 is 15.9 Å². The van der Waals surface area contributed by atoms with Gasteiger partial charge in [0.2, 0.25) is 0 Å². The van der Waals surface area contributed by atoms with Crippen molar-refractivity contribution in [1.29, 1.82) is 0 Å². The smallest absolute Gasteiger partial charge is 0.148 e. The highest BCUT2D eigenvalue weighted by Crippen LogP contribution is 2.26. The van der Waals surface area contributed by atoms with Crippen LogP contribution in [0.1, 0.15) is 37.1 Å². The molecular formula is C14H19BrN4. The lowest BCUT2D eigenvalue weighted by Gasteiger charge is -2.18. The predicted molar refractivity (Wildman–Crippen MR) is 80.6 cm³/mol. The highest BCUT2D eigenvalue weighted by Gasteiger charge is 2.14. The van der Waals surface area contributed by atoms with Crippen LogP contribution in [0.4, 0.5) is 0 Å². The maximum atomic E-state index is 4.48. The van der Waals surface area contributed by atoms with Crippen molar-refractivity contribution in [2.24, 2.45) is 0 Å². The minimum atomic E-state index is 0.265. The first-order valence-corrected chi connectivity index (χ1v) is 7.25. The summed E-state index contributed by atoms with van der Waals surface area (Å²) in [5.74, 6) is 1.70. The minimum absolute atomic E-state index is 0.265. The molecule has 4 nitrogen and oxygen atoms in total. The molecule has 0 bridgehead atoms. The van der Waals surface area contributed by atoms with Gasteiger partial charge in [0, 0.05) is 10.5 Å². The summed E-state index contributed by atoms with van der Waals surface area (Å²) in [6, 6.07) is 6.52. The molecule has 0 spiro atoms. The molecule has 2 rings (SSSR count). The van der Waals surface area contributed by atoms with Gasteiger partial charge in [0.15, 0.2) is 0 Å². The van der Waals surface area contributed by atoms with Gasteiger partial charge in [0.1, 0.15) is 11.6 Å². The van der Waals surface area contributed by atoms with Crippen LogP contribution in [0.3, 0.4) is 0 Å². The lowest BCUT2D eigenvalue weighted by atomic mass is 10.1. The van der Waals surface area contributed by atoms with Crippen molar-refractivity contribution < 1.29 is 0 Å². The van der Waals surface area contributed by atoms with Crippen LogP contribution in [0.5, 0.6) is 0 Å². The fourth-order valence-electron chi connectivity index (χ4n) is 2.23. The summed E-state index contributed by atoms with van der Waals surface area (Å²) in [5, 5.41) is 7.92. The van der Waals surface area contributed by atoms with E-state index < -0.39 is 0 Å². The van der Waals surface area contributed by atoms with Crippen LogP contribution in [-0.4, -0.2) is 21.3 Å². The molecule has 0 aliphatic heterocycles. The Morgan fingerprint density at radius 3 is 2.68 bits per heavy atom. The Bertz CT molecular complexity index is 577. The molecular weight excluding hydrogens is 304 g/mol. The number of nitrogens with one attached hydrogen (secondary N) is 1. The second kappa shape index (κ2) is 5.84. The first kappa shape index (κ1) is 14.2. The summed E-state index contributed by atoms with van der Waals surface area (Å²) in [5.41, 5.74) is 2.29. The Kier molecular flexibility index (Phi) is 4.37. The van der Waals surface area contributed by atoms with Gasteiger partial charge < -0.3 is 5.32 Å². The van der Waals surface area contributed by atoms with Crippen LogP contribution in [0.15, 0.2) is 22.7 Å². The molecule has 1 atom stereocenters. The summed E-state index contributed by atoms with van der Waals surface area (Å²) in [7, 11) is 0. The molecule has 102 valence electrons. The molecule has 1 unspecified atom stereocenters. The fourth-order valence-corrected chi connectivity index (χ4v) is 2.61. The highest BCUT2D eigenvalue weighted by atomic mass is 79.9. The lowest BCUT2D eigenvalue weighted by Crippen LogP contribution is -2.20. The van der Waals surface area contributed by atoms with Crippen molar-refractivity contribution in [3.8, 4) is 5.69 Å². The van der Waals surface area contributed by atoms with Crippen molar-refractivity contribution in [3.63, 3.8) is 0 Å². The largest absolute Gasteiger partial charge is 0.310 e. The van der Waals surface area contributed by atoms with E-state index in [4.69, 9.17) is 0 Å². The lowest BCUT2D eigenvalue weighted by molar-refractivity contribution is 0.592. The SMILES string of the molecule is CCNC(C)c1cc(Br)ccc1-n1nc(C)nc1C. The zero-order valence-electron chi connectivity index (χ0n) is 11.7. The average Bonchev–Trinajstić information content (AvgIpc) is 2.68. The van der Waals surface area contributed by atoms with Gasteiger partial charge in [-0.05, 0) is 51.1 Å². The Labute approximate surface area is 122 Å². The molecule has 19 heavy (non-hydrogen) atoms. The number of nitrogens with zero attached hydrogens (tertiary/aromatic N) is 3. The quantitative estimate of drug-likeness (QED) is 0.939. The van der Waals surface area contributed by atoms with E-state index in [1.807, 2.05) is 24.6 Å². The molecule has 0 radical (unpaired) electrons. The zero-order chi connectivity index (χ0) is 14.0. The van der Waals surface area contributed by atoms with E-state index in [1.165, 1.54) is 5.56 Å². The van der Waals surface area contributed by atoms with Crippen LogP contribution in [0, 0.1) is 13.8 Å². The van der Waals surface area contributed by atoms with Crippen LogP contribution < -0.4 is 5.32 Å². The van der Waals surface area contributed by atoms with Gasteiger partial charge in [-0.2, -0.15) is 5.10 Å². The van der Waals surface area contributed by atoms with Gasteiger partial charge in [-0.25, -0.2) is 9.67 Å². The van der Waals surface area contributed by atoms with Crippen LogP contribution in [0.25, 0.3) is 5.69 Å². The summed E-state index contributed by atoms with van der Waals surface area (Å²) < 4.78 is 2.98. The van der Waals surface area contributed by atoms with Gasteiger partial charge in [0.05, 0.1) is 5.69 Å². The van der Waals surface area contributed by atoms with E-state index in [0.29, 0.717) is 0 Å². The molecule has 1 aromatic carbocycles. The number of aryl methyl sites for hydroxylation is 2. The molecule has 0 amide bonds. The maximum absolute atomic E-state index is 4.48. The number of aromatic nitrogens is 3. The second-order valence-corrected chi connectivity index (χ2v) is 5.52. The highest BCUT2D eigenvalue weighted by molar-refractivity contribution is 9.10. The molecule has 1 aromatic heterocycles. The molecule has 2 aromatic rings. The van der Waals surface area contributed by atoms with Gasteiger partial charge >= 0.3 is 0 Å². The minimum Gasteiger partial charge on any atom is -0.310 e. The third-order valence-electron chi connectivity index (χ3n) is 3.07. The van der Waals surface area contributed by atoms with E-state index in [9.17, 15) is 0 Å². The van der Waals surface area contributed by atoms with E-state index in [2.05, 4.69) is 57.3 Å². The third-order valence-corrected chi connectivity index (χ3v) is 3.56. The van der Waals surface area contributed by atoms with Gasteiger partial charge in [-0.15, -0.1) is 0 Å². The van der Waals surface area contributed by atoms with Crippen molar-refractivity contribution in [2.75, 3.05) is 6.54 Å². The van der Waals surface area contributed by atoms with E-state index in [1.54, 1.807) is 0 Å². The molecule has 0 fully saturated rings. The number of benzene rings is 1. The van der Waals surface area contributed by atoms with E-state index >= 15 is 0 Å². The molecule has 0 saturated heterocycles. The first-order valence-electron chi connectivity index (χ1n) is 6.46.